The quantitative estimate of drug-likeness (QED) is 0.244. The number of methoxy groups -OCH3 is 2. The molecular weight excluding hydrogens is 450 g/mol. The van der Waals surface area contributed by atoms with Crippen molar-refractivity contribution in [3.8, 4) is 29.1 Å². The molecule has 9 heteroatoms. The highest BCUT2D eigenvalue weighted by Crippen LogP contribution is 2.29. The van der Waals surface area contributed by atoms with E-state index in [0.29, 0.717) is 34.2 Å². The molecule has 0 radical (unpaired) electrons. The van der Waals surface area contributed by atoms with Gasteiger partial charge in [0.25, 0.3) is 11.8 Å². The van der Waals surface area contributed by atoms with Gasteiger partial charge in [-0.15, -0.1) is 0 Å². The highest BCUT2D eigenvalue weighted by atomic mass is 16.5. The van der Waals surface area contributed by atoms with Crippen molar-refractivity contribution in [1.82, 2.24) is 0 Å². The van der Waals surface area contributed by atoms with Crippen LogP contribution >= 0.6 is 0 Å². The number of carbonyl (C=O) groups is 2. The molecule has 35 heavy (non-hydrogen) atoms. The van der Waals surface area contributed by atoms with Gasteiger partial charge in [-0.25, -0.2) is 0 Å². The average molecular weight is 473 g/mol. The van der Waals surface area contributed by atoms with Crippen molar-refractivity contribution in [3.05, 3.63) is 77.9 Å². The SMILES string of the molecule is COc1ccccc1NC(=O)COc1ccc(/C=C(\C#N)C(=O)Nc2ccc(O)cc2)cc1OC. The van der Waals surface area contributed by atoms with Gasteiger partial charge in [0.1, 0.15) is 23.1 Å². The number of nitrogens with one attached hydrogen (secondary N) is 2. The summed E-state index contributed by atoms with van der Waals surface area (Å²) >= 11 is 0. The monoisotopic (exact) mass is 473 g/mol. The average Bonchev–Trinajstić information content (AvgIpc) is 2.87. The Morgan fingerprint density at radius 1 is 0.943 bits per heavy atom. The minimum Gasteiger partial charge on any atom is -0.508 e. The number of rotatable bonds is 9. The van der Waals surface area contributed by atoms with E-state index in [-0.39, 0.29) is 17.9 Å². The number of aromatic hydroxyl groups is 1. The molecule has 3 N–H and O–H groups in total. The molecule has 0 spiro atoms. The maximum atomic E-state index is 12.5. The second-order valence-corrected chi connectivity index (χ2v) is 7.12. The summed E-state index contributed by atoms with van der Waals surface area (Å²) in [7, 11) is 2.95. The van der Waals surface area contributed by atoms with Crippen LogP contribution in [0.1, 0.15) is 5.56 Å². The van der Waals surface area contributed by atoms with E-state index in [4.69, 9.17) is 14.2 Å². The third-order valence-electron chi connectivity index (χ3n) is 4.73. The van der Waals surface area contributed by atoms with Gasteiger partial charge in [-0.05, 0) is 60.2 Å². The zero-order valence-electron chi connectivity index (χ0n) is 19.1. The highest BCUT2D eigenvalue weighted by molar-refractivity contribution is 6.09. The smallest absolute Gasteiger partial charge is 0.266 e. The summed E-state index contributed by atoms with van der Waals surface area (Å²) in [6.45, 7) is -0.276. The van der Waals surface area contributed by atoms with Crippen LogP contribution in [0.4, 0.5) is 11.4 Å². The van der Waals surface area contributed by atoms with Crippen LogP contribution in [-0.2, 0) is 9.59 Å². The minimum atomic E-state index is -0.606. The number of phenolic OH excluding ortho intramolecular Hbond substituents is 1. The predicted octanol–water partition coefficient (Wildman–Crippen LogP) is 3.97. The van der Waals surface area contributed by atoms with Crippen LogP contribution < -0.4 is 24.8 Å². The number of ether oxygens (including phenoxy) is 3. The van der Waals surface area contributed by atoms with E-state index in [9.17, 15) is 20.0 Å². The van der Waals surface area contributed by atoms with E-state index in [1.54, 1.807) is 42.5 Å². The number of phenols is 1. The summed E-state index contributed by atoms with van der Waals surface area (Å²) in [6, 6.07) is 19.5. The Morgan fingerprint density at radius 2 is 1.66 bits per heavy atom. The molecule has 3 aromatic rings. The Bertz CT molecular complexity index is 1280. The molecule has 2 amide bonds. The molecule has 178 valence electrons. The number of carbonyl (C=O) groups excluding carboxylic acids is 2. The lowest BCUT2D eigenvalue weighted by molar-refractivity contribution is -0.118. The molecule has 0 heterocycles. The van der Waals surface area contributed by atoms with E-state index in [1.807, 2.05) is 6.07 Å². The fourth-order valence-corrected chi connectivity index (χ4v) is 3.03. The molecule has 0 bridgehead atoms. The molecule has 0 saturated carbocycles. The van der Waals surface area contributed by atoms with Gasteiger partial charge in [0.15, 0.2) is 18.1 Å². The number of nitriles is 1. The van der Waals surface area contributed by atoms with E-state index in [1.165, 1.54) is 44.6 Å². The Morgan fingerprint density at radius 3 is 2.34 bits per heavy atom. The molecule has 0 unspecified atom stereocenters. The van der Waals surface area contributed by atoms with Crippen LogP contribution in [-0.4, -0.2) is 37.7 Å². The van der Waals surface area contributed by atoms with Crippen LogP contribution in [0.3, 0.4) is 0 Å². The first-order valence-corrected chi connectivity index (χ1v) is 10.4. The fraction of sp³-hybridized carbons (Fsp3) is 0.115. The summed E-state index contributed by atoms with van der Waals surface area (Å²) in [6.07, 6.45) is 1.40. The van der Waals surface area contributed by atoms with Gasteiger partial charge in [0.05, 0.1) is 19.9 Å². The van der Waals surface area contributed by atoms with Crippen LogP contribution in [0.5, 0.6) is 23.0 Å². The third kappa shape index (κ3) is 6.76. The molecular formula is C26H23N3O6. The lowest BCUT2D eigenvalue weighted by Crippen LogP contribution is -2.20. The molecule has 0 aliphatic carbocycles. The molecule has 0 aromatic heterocycles. The predicted molar refractivity (Wildman–Crippen MR) is 130 cm³/mol. The zero-order chi connectivity index (χ0) is 25.2. The molecule has 3 rings (SSSR count). The molecule has 0 aliphatic heterocycles. The van der Waals surface area contributed by atoms with Crippen LogP contribution in [0.25, 0.3) is 6.08 Å². The van der Waals surface area contributed by atoms with Gasteiger partial charge < -0.3 is 30.0 Å². The Labute approximate surface area is 202 Å². The maximum Gasteiger partial charge on any atom is 0.266 e. The van der Waals surface area contributed by atoms with Gasteiger partial charge in [0.2, 0.25) is 0 Å². The van der Waals surface area contributed by atoms with Crippen LogP contribution in [0.15, 0.2) is 72.3 Å². The van der Waals surface area contributed by atoms with Crippen molar-refractivity contribution in [1.29, 1.82) is 5.26 Å². The van der Waals surface area contributed by atoms with E-state index >= 15 is 0 Å². The maximum absolute atomic E-state index is 12.5. The third-order valence-corrected chi connectivity index (χ3v) is 4.73. The second kappa shape index (κ2) is 11.8. The first-order chi connectivity index (χ1) is 16.9. The molecule has 9 nitrogen and oxygen atoms in total. The van der Waals surface area contributed by atoms with Crippen molar-refractivity contribution in [2.45, 2.75) is 0 Å². The largest absolute Gasteiger partial charge is 0.508 e. The molecule has 3 aromatic carbocycles. The number of hydrogen-bond acceptors (Lipinski definition) is 7. The molecule has 0 atom stereocenters. The van der Waals surface area contributed by atoms with E-state index in [2.05, 4.69) is 10.6 Å². The summed E-state index contributed by atoms with van der Waals surface area (Å²) in [5, 5.41) is 24.1. The molecule has 0 aliphatic rings. The Hall–Kier alpha value is -4.97. The minimum absolute atomic E-state index is 0.0609. The topological polar surface area (TPSA) is 130 Å². The van der Waals surface area contributed by atoms with Crippen molar-refractivity contribution in [2.24, 2.45) is 0 Å². The molecule has 0 saturated heterocycles. The number of anilines is 2. The van der Waals surface area contributed by atoms with Gasteiger partial charge in [0, 0.05) is 5.69 Å². The summed E-state index contributed by atoms with van der Waals surface area (Å²) in [4.78, 5) is 24.8. The van der Waals surface area contributed by atoms with Crippen molar-refractivity contribution < 1.29 is 28.9 Å². The zero-order valence-corrected chi connectivity index (χ0v) is 19.1. The van der Waals surface area contributed by atoms with E-state index in [0.717, 1.165) is 0 Å². The van der Waals surface area contributed by atoms with Crippen molar-refractivity contribution in [3.63, 3.8) is 0 Å². The second-order valence-electron chi connectivity index (χ2n) is 7.12. The lowest BCUT2D eigenvalue weighted by Gasteiger charge is -2.13. The summed E-state index contributed by atoms with van der Waals surface area (Å²) in [5.41, 5.74) is 1.34. The fourth-order valence-electron chi connectivity index (χ4n) is 3.03. The Balaban J connectivity index is 1.68. The van der Waals surface area contributed by atoms with Gasteiger partial charge in [-0.3, -0.25) is 9.59 Å². The first-order valence-electron chi connectivity index (χ1n) is 10.4. The van der Waals surface area contributed by atoms with Gasteiger partial charge >= 0.3 is 0 Å². The normalized spacial score (nSPS) is 10.6. The van der Waals surface area contributed by atoms with Crippen molar-refractivity contribution >= 4 is 29.3 Å². The summed E-state index contributed by atoms with van der Waals surface area (Å²) < 4.78 is 16.1. The number of hydrogen-bond donors (Lipinski definition) is 3. The number of benzene rings is 3. The number of para-hydroxylation sites is 2. The Kier molecular flexibility index (Phi) is 8.29. The standard InChI is InChI=1S/C26H23N3O6/c1-33-22-6-4-3-5-21(22)29-25(31)16-35-23-12-7-17(14-24(23)34-2)13-18(15-27)26(32)28-19-8-10-20(30)11-9-19/h3-14,30H,16H2,1-2H3,(H,28,32)(H,29,31)/b18-13+. The lowest BCUT2D eigenvalue weighted by atomic mass is 10.1. The highest BCUT2D eigenvalue weighted by Gasteiger charge is 2.13. The first kappa shape index (κ1) is 24.7. The van der Waals surface area contributed by atoms with Gasteiger partial charge in [-0.1, -0.05) is 18.2 Å². The number of nitrogens with zero attached hydrogens (tertiary/aromatic N) is 1. The number of amides is 2. The van der Waals surface area contributed by atoms with Crippen LogP contribution in [0.2, 0.25) is 0 Å². The van der Waals surface area contributed by atoms with Crippen molar-refractivity contribution in [2.75, 3.05) is 31.5 Å². The van der Waals surface area contributed by atoms with E-state index < -0.39 is 11.8 Å². The summed E-state index contributed by atoms with van der Waals surface area (Å²) in [5.74, 6) is 0.221. The molecule has 0 fully saturated rings. The van der Waals surface area contributed by atoms with Gasteiger partial charge in [-0.2, -0.15) is 5.26 Å². The van der Waals surface area contributed by atoms with Crippen LogP contribution in [0, 0.1) is 11.3 Å².